The third-order valence-corrected chi connectivity index (χ3v) is 8.58. The highest BCUT2D eigenvalue weighted by Gasteiger charge is 2.37. The van der Waals surface area contributed by atoms with Crippen molar-refractivity contribution in [3.8, 4) is 0 Å². The number of halogens is 3. The van der Waals surface area contributed by atoms with Crippen molar-refractivity contribution in [2.24, 2.45) is 5.92 Å². The van der Waals surface area contributed by atoms with E-state index in [1.54, 1.807) is 4.90 Å². The predicted octanol–water partition coefficient (Wildman–Crippen LogP) is 5.30. The third-order valence-electron chi connectivity index (χ3n) is 8.27. The maximum Gasteiger partial charge on any atom is 0.326 e. The number of urea groups is 1. The van der Waals surface area contributed by atoms with Crippen LogP contribution in [-0.2, 0) is 31.9 Å². The first-order chi connectivity index (χ1) is 19.7. The number of esters is 1. The van der Waals surface area contributed by atoms with Crippen LogP contribution in [0.1, 0.15) is 43.2 Å². The van der Waals surface area contributed by atoms with Gasteiger partial charge in [0.1, 0.15) is 12.0 Å². The van der Waals surface area contributed by atoms with E-state index < -0.39 is 30.0 Å². The Labute approximate surface area is 242 Å². The lowest BCUT2D eigenvalue weighted by Gasteiger charge is -2.30. The van der Waals surface area contributed by atoms with Gasteiger partial charge in [-0.2, -0.15) is 0 Å². The van der Waals surface area contributed by atoms with E-state index >= 15 is 4.39 Å². The van der Waals surface area contributed by atoms with Gasteiger partial charge in [0.15, 0.2) is 0 Å². The second-order valence-corrected chi connectivity index (χ2v) is 11.3. The first-order valence-corrected chi connectivity index (χ1v) is 14.4. The molecule has 2 aromatic carbocycles. The summed E-state index contributed by atoms with van der Waals surface area (Å²) < 4.78 is 40.3. The van der Waals surface area contributed by atoms with Crippen molar-refractivity contribution in [2.75, 3.05) is 37.0 Å². The normalized spacial score (nSPS) is 23.8. The molecule has 2 unspecified atom stereocenters. The van der Waals surface area contributed by atoms with Crippen molar-refractivity contribution in [3.63, 3.8) is 0 Å². The molecule has 2 aromatic rings. The quantitative estimate of drug-likeness (QED) is 0.443. The molecule has 3 amide bonds. The van der Waals surface area contributed by atoms with E-state index in [9.17, 15) is 18.8 Å². The Hall–Kier alpha value is -3.24. The van der Waals surface area contributed by atoms with Crippen molar-refractivity contribution in [1.82, 2.24) is 4.90 Å². The van der Waals surface area contributed by atoms with Crippen LogP contribution in [0.25, 0.3) is 0 Å². The number of para-hydroxylation sites is 1. The van der Waals surface area contributed by atoms with Crippen molar-refractivity contribution in [1.29, 1.82) is 0 Å². The number of benzene rings is 2. The Morgan fingerprint density at radius 3 is 2.63 bits per heavy atom. The number of likely N-dealkylation sites (tertiary alicyclic amines) is 1. The monoisotopic (exact) mass is 589 g/mol. The Kier molecular flexibility index (Phi) is 9.09. The van der Waals surface area contributed by atoms with E-state index in [0.717, 1.165) is 23.7 Å². The van der Waals surface area contributed by atoms with Gasteiger partial charge < -0.3 is 19.7 Å². The number of hydrogen-bond donors (Lipinski definition) is 1. The molecule has 2 aliphatic heterocycles. The molecule has 0 spiro atoms. The fourth-order valence-corrected chi connectivity index (χ4v) is 6.25. The lowest BCUT2D eigenvalue weighted by atomic mass is 9.87. The van der Waals surface area contributed by atoms with Crippen LogP contribution in [0.2, 0.25) is 5.02 Å². The highest BCUT2D eigenvalue weighted by molar-refractivity contribution is 6.34. The average molecular weight is 590 g/mol. The summed E-state index contributed by atoms with van der Waals surface area (Å²) in [5.41, 5.74) is 2.02. The summed E-state index contributed by atoms with van der Waals surface area (Å²) in [6.45, 7) is 0.596. The number of carbonyl (C=O) groups excluding carboxylic acids is 3. The van der Waals surface area contributed by atoms with Gasteiger partial charge in [0, 0.05) is 18.7 Å². The lowest BCUT2D eigenvalue weighted by Crippen LogP contribution is -2.40. The van der Waals surface area contributed by atoms with Gasteiger partial charge in [-0.05, 0) is 61.4 Å². The molecule has 5 rings (SSSR count). The molecule has 0 aromatic heterocycles. The van der Waals surface area contributed by atoms with E-state index in [0.29, 0.717) is 32.2 Å². The Morgan fingerprint density at radius 1 is 1.12 bits per heavy atom. The topological polar surface area (TPSA) is 88.2 Å². The summed E-state index contributed by atoms with van der Waals surface area (Å²) in [6, 6.07) is 9.13. The summed E-state index contributed by atoms with van der Waals surface area (Å²) in [5.74, 6) is -1.45. The second-order valence-electron chi connectivity index (χ2n) is 10.9. The van der Waals surface area contributed by atoms with E-state index in [2.05, 4.69) is 5.32 Å². The van der Waals surface area contributed by atoms with Gasteiger partial charge in [0.2, 0.25) is 5.91 Å². The molecule has 11 heteroatoms. The maximum absolute atomic E-state index is 15.1. The number of hydrogen-bond acceptors (Lipinski definition) is 5. The molecule has 3 aliphatic rings. The fourth-order valence-electron chi connectivity index (χ4n) is 6.02. The van der Waals surface area contributed by atoms with Crippen molar-refractivity contribution in [2.45, 2.75) is 63.3 Å². The van der Waals surface area contributed by atoms with E-state index in [4.69, 9.17) is 21.1 Å². The number of fused-ring (bicyclic) bond motifs is 1. The summed E-state index contributed by atoms with van der Waals surface area (Å²) in [5, 5.41) is 2.77. The molecule has 1 saturated carbocycles. The van der Waals surface area contributed by atoms with Gasteiger partial charge in [-0.25, -0.2) is 13.6 Å². The van der Waals surface area contributed by atoms with Gasteiger partial charge in [0.25, 0.3) is 0 Å². The molecule has 41 heavy (non-hydrogen) atoms. The third kappa shape index (κ3) is 6.64. The standard InChI is InChI=1S/C30H34ClF2N3O5/c1-40-29(38)19-6-8-23(9-7-19)41-17-22-14-21(32)16-36(22)28(37)13-20-12-24(31)26(15-25(20)33)34-30(39)35-11-10-18-4-2-3-5-27(18)35/h2-5,12,15,19,21-23H,6-11,13-14,16-17H2,1H3,(H,34,39). The van der Waals surface area contributed by atoms with E-state index in [1.165, 1.54) is 18.1 Å². The molecule has 2 fully saturated rings. The number of alkyl halides is 1. The summed E-state index contributed by atoms with van der Waals surface area (Å²) in [4.78, 5) is 40.8. The number of methoxy groups -OCH3 is 1. The zero-order valence-electron chi connectivity index (χ0n) is 22.9. The molecule has 2 heterocycles. The van der Waals surface area contributed by atoms with Crippen LogP contribution in [0, 0.1) is 11.7 Å². The van der Waals surface area contributed by atoms with Crippen LogP contribution in [0.5, 0.6) is 0 Å². The van der Waals surface area contributed by atoms with Gasteiger partial charge in [-0.15, -0.1) is 0 Å². The Bertz CT molecular complexity index is 1300. The zero-order chi connectivity index (χ0) is 29.1. The molecule has 220 valence electrons. The molecule has 0 bridgehead atoms. The number of ether oxygens (including phenoxy) is 2. The fraction of sp³-hybridized carbons (Fsp3) is 0.500. The first kappa shape index (κ1) is 29.3. The summed E-state index contributed by atoms with van der Waals surface area (Å²) in [6.07, 6.45) is 2.03. The number of rotatable bonds is 7. The minimum Gasteiger partial charge on any atom is -0.469 e. The van der Waals surface area contributed by atoms with Crippen LogP contribution in [0.4, 0.5) is 25.0 Å². The largest absolute Gasteiger partial charge is 0.469 e. The van der Waals surface area contributed by atoms with Crippen LogP contribution in [-0.4, -0.2) is 67.9 Å². The molecular weight excluding hydrogens is 556 g/mol. The molecular formula is C30H34ClF2N3O5. The van der Waals surface area contributed by atoms with Crippen LogP contribution in [0.3, 0.4) is 0 Å². The number of nitrogens with one attached hydrogen (secondary N) is 1. The summed E-state index contributed by atoms with van der Waals surface area (Å²) in [7, 11) is 1.38. The van der Waals surface area contributed by atoms with Crippen molar-refractivity contribution >= 4 is 40.9 Å². The van der Waals surface area contributed by atoms with E-state index in [1.807, 2.05) is 24.3 Å². The zero-order valence-corrected chi connectivity index (χ0v) is 23.7. The number of anilines is 2. The van der Waals surface area contributed by atoms with E-state index in [-0.39, 0.29) is 60.3 Å². The Balaban J connectivity index is 1.17. The van der Waals surface area contributed by atoms with Crippen LogP contribution >= 0.6 is 11.6 Å². The SMILES string of the molecule is COC(=O)C1CCC(OCC2CC(F)CN2C(=O)Cc2cc(Cl)c(NC(=O)N3CCc4ccccc43)cc2F)CC1. The minimum absolute atomic E-state index is 0.0626. The second kappa shape index (κ2) is 12.7. The van der Waals surface area contributed by atoms with Gasteiger partial charge in [-0.3, -0.25) is 14.5 Å². The summed E-state index contributed by atoms with van der Waals surface area (Å²) >= 11 is 6.39. The minimum atomic E-state index is -1.19. The van der Waals surface area contributed by atoms with Crippen LogP contribution in [0.15, 0.2) is 36.4 Å². The average Bonchev–Trinajstić information content (AvgIpc) is 3.57. The molecule has 8 nitrogen and oxygen atoms in total. The number of amides is 3. The molecule has 1 aliphatic carbocycles. The number of carbonyl (C=O) groups is 3. The Morgan fingerprint density at radius 2 is 1.88 bits per heavy atom. The van der Waals surface area contributed by atoms with Crippen LogP contribution < -0.4 is 10.2 Å². The van der Waals surface area contributed by atoms with Gasteiger partial charge in [0.05, 0.1) is 55.5 Å². The predicted molar refractivity (Wildman–Crippen MR) is 150 cm³/mol. The molecule has 1 N–H and O–H groups in total. The number of nitrogens with zero attached hydrogens (tertiary/aromatic N) is 2. The lowest BCUT2D eigenvalue weighted by molar-refractivity contribution is -0.148. The highest BCUT2D eigenvalue weighted by Crippen LogP contribution is 2.32. The first-order valence-electron chi connectivity index (χ1n) is 14.0. The van der Waals surface area contributed by atoms with Gasteiger partial charge >= 0.3 is 12.0 Å². The maximum atomic E-state index is 15.1. The van der Waals surface area contributed by atoms with Crippen molar-refractivity contribution in [3.05, 3.63) is 58.4 Å². The molecule has 0 radical (unpaired) electrons. The highest BCUT2D eigenvalue weighted by atomic mass is 35.5. The van der Waals surface area contributed by atoms with Crippen molar-refractivity contribution < 1.29 is 32.6 Å². The molecule has 2 atom stereocenters. The van der Waals surface area contributed by atoms with Gasteiger partial charge in [-0.1, -0.05) is 29.8 Å². The molecule has 1 saturated heterocycles. The smallest absolute Gasteiger partial charge is 0.326 e.